The van der Waals surface area contributed by atoms with Crippen molar-refractivity contribution >= 4 is 18.0 Å². The van der Waals surface area contributed by atoms with Crippen LogP contribution in [-0.4, -0.2) is 52.9 Å². The summed E-state index contributed by atoms with van der Waals surface area (Å²) >= 11 is 0. The van der Waals surface area contributed by atoms with E-state index in [1.165, 1.54) is 13.3 Å². The molecule has 0 aliphatic heterocycles. The zero-order chi connectivity index (χ0) is 27.9. The highest BCUT2D eigenvalue weighted by Gasteiger charge is 2.38. The summed E-state index contributed by atoms with van der Waals surface area (Å²) in [5.74, 6) is -0.964. The molecule has 0 saturated heterocycles. The number of nitrogens with one attached hydrogen (secondary N) is 1. The lowest BCUT2D eigenvalue weighted by molar-refractivity contribution is -0.165. The lowest BCUT2D eigenvalue weighted by Gasteiger charge is -2.32. The number of amides is 2. The number of hydrazine groups is 1. The second kappa shape index (κ2) is 13.1. The van der Waals surface area contributed by atoms with Crippen molar-refractivity contribution in [1.82, 2.24) is 10.4 Å². The predicted molar refractivity (Wildman–Crippen MR) is 148 cm³/mol. The van der Waals surface area contributed by atoms with Crippen LogP contribution in [0.2, 0.25) is 0 Å². The summed E-state index contributed by atoms with van der Waals surface area (Å²) in [6, 6.07) is 14.6. The van der Waals surface area contributed by atoms with E-state index in [0.29, 0.717) is 12.3 Å². The van der Waals surface area contributed by atoms with E-state index in [9.17, 15) is 19.5 Å². The van der Waals surface area contributed by atoms with Gasteiger partial charge in [-0.25, -0.2) is 20.0 Å². The summed E-state index contributed by atoms with van der Waals surface area (Å²) in [6.07, 6.45) is 3.87. The largest absolute Gasteiger partial charge is 0.461 e. The van der Waals surface area contributed by atoms with Gasteiger partial charge >= 0.3 is 12.1 Å². The Morgan fingerprint density at radius 3 is 2.10 bits per heavy atom. The smallest absolute Gasteiger partial charge is 0.426 e. The summed E-state index contributed by atoms with van der Waals surface area (Å²) < 4.78 is 10.9. The monoisotopic (exact) mass is 536 g/mol. The molecule has 0 aromatic heterocycles. The molecule has 2 aromatic carbocycles. The highest BCUT2D eigenvalue weighted by Crippen LogP contribution is 2.44. The van der Waals surface area contributed by atoms with Gasteiger partial charge in [-0.2, -0.15) is 0 Å². The van der Waals surface area contributed by atoms with E-state index in [4.69, 9.17) is 9.47 Å². The van der Waals surface area contributed by atoms with Gasteiger partial charge in [-0.05, 0) is 55.4 Å². The third-order valence-corrected chi connectivity index (χ3v) is 7.64. The van der Waals surface area contributed by atoms with Crippen LogP contribution in [0.5, 0.6) is 0 Å². The summed E-state index contributed by atoms with van der Waals surface area (Å²) in [5, 5.41) is 11.4. The van der Waals surface area contributed by atoms with Gasteiger partial charge in [-0.3, -0.25) is 4.79 Å². The second-order valence-corrected chi connectivity index (χ2v) is 10.9. The summed E-state index contributed by atoms with van der Waals surface area (Å²) in [7, 11) is 0. The second-order valence-electron chi connectivity index (χ2n) is 10.9. The first-order chi connectivity index (χ1) is 18.8. The van der Waals surface area contributed by atoms with Gasteiger partial charge in [-0.15, -0.1) is 0 Å². The van der Waals surface area contributed by atoms with Gasteiger partial charge in [0, 0.05) is 12.3 Å². The molecule has 0 radical (unpaired) electrons. The van der Waals surface area contributed by atoms with Crippen LogP contribution in [0.3, 0.4) is 0 Å². The first kappa shape index (κ1) is 28.6. The van der Waals surface area contributed by atoms with Crippen molar-refractivity contribution in [3.8, 4) is 11.1 Å². The molecular formula is C31H40N2O6. The fourth-order valence-electron chi connectivity index (χ4n) is 5.76. The normalized spacial score (nSPS) is 16.6. The summed E-state index contributed by atoms with van der Waals surface area (Å²) in [4.78, 5) is 39.3. The van der Waals surface area contributed by atoms with Gasteiger partial charge in [0.15, 0.2) is 6.04 Å². The van der Waals surface area contributed by atoms with E-state index >= 15 is 0 Å². The molecule has 0 bridgehead atoms. The quantitative estimate of drug-likeness (QED) is 0.332. The fraction of sp³-hybridized carbons (Fsp3) is 0.516. The molecule has 0 spiro atoms. The van der Waals surface area contributed by atoms with Crippen molar-refractivity contribution in [3.63, 3.8) is 0 Å². The van der Waals surface area contributed by atoms with Gasteiger partial charge in [0.1, 0.15) is 6.61 Å². The molecule has 0 unspecified atom stereocenters. The van der Waals surface area contributed by atoms with E-state index in [1.54, 1.807) is 13.8 Å². The molecule has 39 heavy (non-hydrogen) atoms. The van der Waals surface area contributed by atoms with E-state index in [0.717, 1.165) is 52.9 Å². The van der Waals surface area contributed by atoms with Crippen LogP contribution in [0.4, 0.5) is 4.79 Å². The maximum atomic E-state index is 13.4. The zero-order valence-electron chi connectivity index (χ0n) is 23.1. The first-order valence-electron chi connectivity index (χ1n) is 14.1. The average Bonchev–Trinajstić information content (AvgIpc) is 3.24. The number of aliphatic hydroxyl groups is 1. The van der Waals surface area contributed by atoms with Crippen LogP contribution in [0.25, 0.3) is 11.1 Å². The topological polar surface area (TPSA) is 105 Å². The van der Waals surface area contributed by atoms with Crippen molar-refractivity contribution in [3.05, 3.63) is 59.7 Å². The van der Waals surface area contributed by atoms with Gasteiger partial charge < -0.3 is 14.6 Å². The molecule has 2 N–H and O–H groups in total. The number of nitrogens with zero attached hydrogens (tertiary/aromatic N) is 1. The molecule has 1 fully saturated rings. The molecule has 2 aromatic rings. The molecule has 2 amide bonds. The Kier molecular flexibility index (Phi) is 9.62. The maximum Gasteiger partial charge on any atom is 0.426 e. The Morgan fingerprint density at radius 2 is 1.54 bits per heavy atom. The Bertz CT molecular complexity index is 1110. The SMILES string of the molecule is CC(C)OC(=O)[C@@H]([C@H](C)O)N(NC(=O)OCC1c2ccccc2-c2ccccc21)C(=O)CCC1CCCCC1. The molecule has 210 valence electrons. The minimum Gasteiger partial charge on any atom is -0.461 e. The highest BCUT2D eigenvalue weighted by molar-refractivity contribution is 5.87. The molecule has 2 aliphatic rings. The molecule has 8 heteroatoms. The molecular weight excluding hydrogens is 496 g/mol. The van der Waals surface area contributed by atoms with Crippen LogP contribution in [-0.2, 0) is 19.1 Å². The number of hydrogen-bond acceptors (Lipinski definition) is 6. The van der Waals surface area contributed by atoms with Crippen molar-refractivity contribution in [1.29, 1.82) is 0 Å². The zero-order valence-corrected chi connectivity index (χ0v) is 23.1. The number of carbonyl (C=O) groups is 3. The molecule has 4 rings (SSSR count). The standard InChI is InChI=1S/C31H40N2O6/c1-20(2)39-30(36)29(21(3)34)33(28(35)18-17-22-11-5-4-6-12-22)32-31(37)38-19-27-25-15-9-7-13-23(25)24-14-8-10-16-26(24)27/h7-10,13-16,20-22,27,29,34H,4-6,11-12,17-19H2,1-3H3,(H,32,37)/t21-,29+/m0/s1. The number of carbonyl (C=O) groups excluding carboxylic acids is 3. The number of benzene rings is 2. The molecule has 8 nitrogen and oxygen atoms in total. The van der Waals surface area contributed by atoms with Crippen LogP contribution in [0.1, 0.15) is 82.8 Å². The third kappa shape index (κ3) is 6.98. The van der Waals surface area contributed by atoms with E-state index in [2.05, 4.69) is 17.6 Å². The number of aliphatic hydroxyl groups excluding tert-OH is 1. The Hall–Kier alpha value is -3.39. The van der Waals surface area contributed by atoms with Crippen LogP contribution in [0.15, 0.2) is 48.5 Å². The number of ether oxygens (including phenoxy) is 2. The van der Waals surface area contributed by atoms with Crippen molar-refractivity contribution in [2.75, 3.05) is 6.61 Å². The van der Waals surface area contributed by atoms with E-state index in [1.807, 2.05) is 36.4 Å². The molecule has 0 heterocycles. The van der Waals surface area contributed by atoms with Gasteiger partial charge in [0.2, 0.25) is 5.91 Å². The minimum absolute atomic E-state index is 0.0553. The van der Waals surface area contributed by atoms with Gasteiger partial charge in [0.05, 0.1) is 12.2 Å². The molecule has 1 saturated carbocycles. The Morgan fingerprint density at radius 1 is 0.949 bits per heavy atom. The lowest BCUT2D eigenvalue weighted by Crippen LogP contribution is -2.59. The van der Waals surface area contributed by atoms with Gasteiger partial charge in [0.25, 0.3) is 0 Å². The third-order valence-electron chi connectivity index (χ3n) is 7.64. The van der Waals surface area contributed by atoms with Crippen molar-refractivity contribution in [2.24, 2.45) is 5.92 Å². The molecule has 2 atom stereocenters. The highest BCUT2D eigenvalue weighted by atomic mass is 16.6. The minimum atomic E-state index is -1.40. The number of fused-ring (bicyclic) bond motifs is 3. The average molecular weight is 537 g/mol. The number of esters is 1. The Balaban J connectivity index is 1.47. The molecule has 2 aliphatic carbocycles. The van der Waals surface area contributed by atoms with Crippen molar-refractivity contribution < 1.29 is 29.0 Å². The van der Waals surface area contributed by atoms with Crippen LogP contribution in [0, 0.1) is 5.92 Å². The fourth-order valence-corrected chi connectivity index (χ4v) is 5.76. The van der Waals surface area contributed by atoms with Gasteiger partial charge in [-0.1, -0.05) is 80.6 Å². The van der Waals surface area contributed by atoms with Crippen LogP contribution >= 0.6 is 0 Å². The first-order valence-corrected chi connectivity index (χ1v) is 14.1. The summed E-state index contributed by atoms with van der Waals surface area (Å²) in [6.45, 7) is 4.82. The van der Waals surface area contributed by atoms with E-state index < -0.39 is 36.2 Å². The predicted octanol–water partition coefficient (Wildman–Crippen LogP) is 5.33. The Labute approximate surface area is 230 Å². The van der Waals surface area contributed by atoms with E-state index in [-0.39, 0.29) is 18.9 Å². The van der Waals surface area contributed by atoms with Crippen molar-refractivity contribution in [2.45, 2.75) is 89.9 Å². The number of rotatable bonds is 9. The lowest BCUT2D eigenvalue weighted by atomic mass is 9.86. The van der Waals surface area contributed by atoms with Crippen LogP contribution < -0.4 is 5.43 Å². The number of hydrogen-bond donors (Lipinski definition) is 2. The maximum absolute atomic E-state index is 13.4. The summed E-state index contributed by atoms with van der Waals surface area (Å²) in [5.41, 5.74) is 6.81.